The number of hydrogen-bond donors (Lipinski definition) is 1. The monoisotopic (exact) mass is 361 g/mol. The van der Waals surface area contributed by atoms with E-state index in [4.69, 9.17) is 10.5 Å². The lowest BCUT2D eigenvalue weighted by atomic mass is 10.0. The summed E-state index contributed by atoms with van der Waals surface area (Å²) in [6.07, 6.45) is 4.97. The Morgan fingerprint density at radius 2 is 1.89 bits per heavy atom. The molecule has 4 aromatic rings. The van der Waals surface area contributed by atoms with Crippen molar-refractivity contribution in [1.82, 2.24) is 19.7 Å². The smallest absolute Gasteiger partial charge is 0.222 e. The molecule has 0 aliphatic rings. The second kappa shape index (κ2) is 6.87. The molecule has 0 atom stereocenters. The van der Waals surface area contributed by atoms with Crippen molar-refractivity contribution in [2.24, 2.45) is 7.05 Å². The average molecular weight is 361 g/mol. The minimum atomic E-state index is -0.376. The molecule has 0 amide bonds. The van der Waals surface area contributed by atoms with Crippen LogP contribution in [0.1, 0.15) is 0 Å². The van der Waals surface area contributed by atoms with E-state index in [1.165, 1.54) is 12.4 Å². The largest absolute Gasteiger partial charge is 0.439 e. The average Bonchev–Trinajstić information content (AvgIpc) is 3.11. The zero-order valence-corrected chi connectivity index (χ0v) is 14.5. The Kier molecular flexibility index (Phi) is 4.25. The molecule has 0 fully saturated rings. The third-order valence-corrected chi connectivity index (χ3v) is 4.05. The lowest BCUT2D eigenvalue weighted by Gasteiger charge is -2.10. The summed E-state index contributed by atoms with van der Waals surface area (Å²) in [5.41, 5.74) is 8.98. The summed E-state index contributed by atoms with van der Waals surface area (Å²) in [5, 5.41) is 4.13. The molecule has 2 N–H and O–H groups in total. The minimum absolute atomic E-state index is 0.349. The fraction of sp³-hybridized carbons (Fsp3) is 0.0500. The van der Waals surface area contributed by atoms with E-state index < -0.39 is 0 Å². The van der Waals surface area contributed by atoms with Crippen LogP contribution in [0.2, 0.25) is 0 Å². The third-order valence-electron chi connectivity index (χ3n) is 4.05. The third kappa shape index (κ3) is 3.48. The molecule has 2 aromatic carbocycles. The van der Waals surface area contributed by atoms with Crippen LogP contribution in [0.3, 0.4) is 0 Å². The normalized spacial score (nSPS) is 10.7. The summed E-state index contributed by atoms with van der Waals surface area (Å²) in [7, 11) is 1.83. The van der Waals surface area contributed by atoms with Gasteiger partial charge in [-0.15, -0.1) is 0 Å². The van der Waals surface area contributed by atoms with Crippen LogP contribution in [0.5, 0.6) is 11.6 Å². The molecule has 0 saturated carbocycles. The first-order valence-corrected chi connectivity index (χ1v) is 8.23. The Labute approximate surface area is 155 Å². The Hall–Kier alpha value is -3.74. The first-order chi connectivity index (χ1) is 13.1. The molecule has 7 heteroatoms. The number of aryl methyl sites for hydroxylation is 1. The van der Waals surface area contributed by atoms with Crippen molar-refractivity contribution in [2.45, 2.75) is 0 Å². The standard InChI is InChI=1S/C20H16FN5O/c1-26-11-13(10-25-26)19-9-20(24-12-23-19)27-14-6-7-17(21)16(8-14)15-4-2-3-5-18(15)22/h2-12H,22H2,1H3. The molecule has 0 bridgehead atoms. The highest BCUT2D eigenvalue weighted by molar-refractivity contribution is 5.77. The zero-order valence-electron chi connectivity index (χ0n) is 14.5. The van der Waals surface area contributed by atoms with Crippen LogP contribution in [-0.4, -0.2) is 19.7 Å². The van der Waals surface area contributed by atoms with E-state index in [9.17, 15) is 4.39 Å². The van der Waals surface area contributed by atoms with E-state index in [1.807, 2.05) is 19.3 Å². The Morgan fingerprint density at radius 3 is 2.67 bits per heavy atom. The van der Waals surface area contributed by atoms with Gasteiger partial charge in [0.15, 0.2) is 0 Å². The van der Waals surface area contributed by atoms with Gasteiger partial charge < -0.3 is 10.5 Å². The molecule has 0 saturated heterocycles. The van der Waals surface area contributed by atoms with Crippen LogP contribution in [0.15, 0.2) is 67.3 Å². The number of halogens is 1. The van der Waals surface area contributed by atoms with Gasteiger partial charge in [-0.05, 0) is 24.3 Å². The molecule has 2 heterocycles. The van der Waals surface area contributed by atoms with Crippen LogP contribution in [0, 0.1) is 5.82 Å². The molecular weight excluding hydrogens is 345 g/mol. The van der Waals surface area contributed by atoms with Gasteiger partial charge in [-0.25, -0.2) is 14.4 Å². The van der Waals surface area contributed by atoms with Crippen LogP contribution >= 0.6 is 0 Å². The zero-order chi connectivity index (χ0) is 18.8. The van der Waals surface area contributed by atoms with Crippen LogP contribution in [0.25, 0.3) is 22.4 Å². The number of benzene rings is 2. The fourth-order valence-electron chi connectivity index (χ4n) is 2.74. The molecule has 0 aliphatic heterocycles. The van der Waals surface area contributed by atoms with E-state index in [0.717, 1.165) is 5.56 Å². The maximum Gasteiger partial charge on any atom is 0.222 e. The highest BCUT2D eigenvalue weighted by Gasteiger charge is 2.11. The number of ether oxygens (including phenoxy) is 1. The quantitative estimate of drug-likeness (QED) is 0.555. The van der Waals surface area contributed by atoms with Gasteiger partial charge in [-0.3, -0.25) is 4.68 Å². The minimum Gasteiger partial charge on any atom is -0.439 e. The van der Waals surface area contributed by atoms with Crippen molar-refractivity contribution in [2.75, 3.05) is 5.73 Å². The van der Waals surface area contributed by atoms with Gasteiger partial charge in [-0.2, -0.15) is 5.10 Å². The number of anilines is 1. The van der Waals surface area contributed by atoms with Crippen molar-refractivity contribution < 1.29 is 9.13 Å². The first-order valence-electron chi connectivity index (χ1n) is 8.23. The molecule has 0 aliphatic carbocycles. The second-order valence-electron chi connectivity index (χ2n) is 5.98. The molecule has 2 aromatic heterocycles. The van der Waals surface area contributed by atoms with Gasteiger partial charge >= 0.3 is 0 Å². The summed E-state index contributed by atoms with van der Waals surface area (Å²) in [5.74, 6) is 0.423. The maximum absolute atomic E-state index is 14.3. The maximum atomic E-state index is 14.3. The number of nitrogen functional groups attached to an aromatic ring is 1. The molecule has 0 unspecified atom stereocenters. The topological polar surface area (TPSA) is 78.9 Å². The van der Waals surface area contributed by atoms with Crippen LogP contribution < -0.4 is 10.5 Å². The fourth-order valence-corrected chi connectivity index (χ4v) is 2.74. The van der Waals surface area contributed by atoms with Crippen molar-refractivity contribution in [3.8, 4) is 34.0 Å². The van der Waals surface area contributed by atoms with Crippen LogP contribution in [0.4, 0.5) is 10.1 Å². The van der Waals surface area contributed by atoms with E-state index in [1.54, 1.807) is 47.3 Å². The van der Waals surface area contributed by atoms with Crippen molar-refractivity contribution in [1.29, 1.82) is 0 Å². The van der Waals surface area contributed by atoms with Crippen molar-refractivity contribution in [3.05, 3.63) is 73.1 Å². The summed E-state index contributed by atoms with van der Waals surface area (Å²) < 4.78 is 21.8. The number of para-hydroxylation sites is 1. The van der Waals surface area contributed by atoms with E-state index in [0.29, 0.717) is 34.1 Å². The Balaban J connectivity index is 1.66. The van der Waals surface area contributed by atoms with Gasteiger partial charge in [0.2, 0.25) is 5.88 Å². The number of aromatic nitrogens is 4. The number of nitrogens with zero attached hydrogens (tertiary/aromatic N) is 4. The highest BCUT2D eigenvalue weighted by Crippen LogP contribution is 2.32. The predicted molar refractivity (Wildman–Crippen MR) is 101 cm³/mol. The molecule has 27 heavy (non-hydrogen) atoms. The van der Waals surface area contributed by atoms with Gasteiger partial charge in [0.05, 0.1) is 11.9 Å². The summed E-state index contributed by atoms with van der Waals surface area (Å²) in [6.45, 7) is 0. The highest BCUT2D eigenvalue weighted by atomic mass is 19.1. The van der Waals surface area contributed by atoms with Crippen molar-refractivity contribution >= 4 is 5.69 Å². The van der Waals surface area contributed by atoms with Crippen LogP contribution in [-0.2, 0) is 7.05 Å². The van der Waals surface area contributed by atoms with E-state index >= 15 is 0 Å². The molecule has 4 rings (SSSR count). The molecule has 0 spiro atoms. The Morgan fingerprint density at radius 1 is 1.04 bits per heavy atom. The molecule has 134 valence electrons. The number of nitrogens with two attached hydrogens (primary N) is 1. The lowest BCUT2D eigenvalue weighted by Crippen LogP contribution is -1.94. The molecule has 0 radical (unpaired) electrons. The summed E-state index contributed by atoms with van der Waals surface area (Å²) in [6, 6.07) is 13.3. The van der Waals surface area contributed by atoms with Gasteiger partial charge in [0, 0.05) is 41.7 Å². The summed E-state index contributed by atoms with van der Waals surface area (Å²) >= 11 is 0. The van der Waals surface area contributed by atoms with Crippen molar-refractivity contribution in [3.63, 3.8) is 0 Å². The second-order valence-corrected chi connectivity index (χ2v) is 5.98. The van der Waals surface area contributed by atoms with Gasteiger partial charge in [-0.1, -0.05) is 18.2 Å². The van der Waals surface area contributed by atoms with Gasteiger partial charge in [0.25, 0.3) is 0 Å². The number of hydrogen-bond acceptors (Lipinski definition) is 5. The van der Waals surface area contributed by atoms with E-state index in [2.05, 4.69) is 15.1 Å². The predicted octanol–water partition coefficient (Wildman–Crippen LogP) is 4.06. The lowest BCUT2D eigenvalue weighted by molar-refractivity contribution is 0.460. The first kappa shape index (κ1) is 16.7. The SMILES string of the molecule is Cn1cc(-c2cc(Oc3ccc(F)c(-c4ccccc4N)c3)ncn2)cn1. The molecular formula is C20H16FN5O. The Bertz CT molecular complexity index is 1110. The summed E-state index contributed by atoms with van der Waals surface area (Å²) in [4.78, 5) is 8.36. The molecule has 6 nitrogen and oxygen atoms in total. The number of rotatable bonds is 4. The van der Waals surface area contributed by atoms with E-state index in [-0.39, 0.29) is 5.82 Å². The van der Waals surface area contributed by atoms with Gasteiger partial charge in [0.1, 0.15) is 17.9 Å².